The Labute approximate surface area is 216 Å². The number of rotatable bonds is 13. The van der Waals surface area contributed by atoms with E-state index in [0.717, 1.165) is 17.5 Å². The van der Waals surface area contributed by atoms with E-state index in [0.29, 0.717) is 24.3 Å². The summed E-state index contributed by atoms with van der Waals surface area (Å²) in [6.45, 7) is 0.269. The maximum atomic E-state index is 12.8. The average Bonchev–Trinajstić information content (AvgIpc) is 2.87. The van der Waals surface area contributed by atoms with E-state index < -0.39 is 22.0 Å². The monoisotopic (exact) mass is 528 g/mol. The largest absolute Gasteiger partial charge is 0.480 e. The third-order valence-electron chi connectivity index (χ3n) is 5.64. The lowest BCUT2D eigenvalue weighted by Gasteiger charge is -2.15. The van der Waals surface area contributed by atoms with E-state index in [1.54, 1.807) is 24.3 Å². The Bertz CT molecular complexity index is 1250. The summed E-state index contributed by atoms with van der Waals surface area (Å²) in [4.78, 5) is 23.7. The van der Waals surface area contributed by atoms with E-state index in [4.69, 9.17) is 11.6 Å². The Balaban J connectivity index is 1.46. The van der Waals surface area contributed by atoms with Gasteiger partial charge in [-0.1, -0.05) is 66.2 Å². The van der Waals surface area contributed by atoms with Gasteiger partial charge in [0.15, 0.2) is 0 Å². The number of hydrogen-bond donors (Lipinski definition) is 3. The lowest BCUT2D eigenvalue weighted by Crippen LogP contribution is -2.41. The molecule has 190 valence electrons. The van der Waals surface area contributed by atoms with Crippen LogP contribution in [0.1, 0.15) is 31.2 Å². The first kappa shape index (κ1) is 27.4. The molecule has 36 heavy (non-hydrogen) atoms. The first-order valence-electron chi connectivity index (χ1n) is 11.7. The van der Waals surface area contributed by atoms with E-state index in [1.807, 2.05) is 42.5 Å². The van der Waals surface area contributed by atoms with Gasteiger partial charge in [-0.25, -0.2) is 8.42 Å². The molecule has 9 heteroatoms. The zero-order valence-electron chi connectivity index (χ0n) is 19.7. The molecule has 7 nitrogen and oxygen atoms in total. The molecule has 3 aromatic rings. The molecule has 0 unspecified atom stereocenters. The predicted octanol–water partition coefficient (Wildman–Crippen LogP) is 4.66. The molecule has 0 bridgehead atoms. The minimum atomic E-state index is -4.04. The van der Waals surface area contributed by atoms with Gasteiger partial charge in [0.2, 0.25) is 15.9 Å². The number of benzene rings is 3. The number of sulfonamides is 1. The van der Waals surface area contributed by atoms with Crippen LogP contribution in [0.4, 0.5) is 0 Å². The zero-order chi connectivity index (χ0) is 26.0. The van der Waals surface area contributed by atoms with Crippen LogP contribution in [0.5, 0.6) is 0 Å². The molecule has 0 heterocycles. The van der Waals surface area contributed by atoms with Crippen molar-refractivity contribution in [2.75, 3.05) is 6.54 Å². The van der Waals surface area contributed by atoms with E-state index >= 15 is 0 Å². The van der Waals surface area contributed by atoms with Gasteiger partial charge in [-0.3, -0.25) is 9.59 Å². The van der Waals surface area contributed by atoms with Crippen molar-refractivity contribution in [2.24, 2.45) is 0 Å². The number of carbonyl (C=O) groups excluding carboxylic acids is 1. The summed E-state index contributed by atoms with van der Waals surface area (Å²) in [5.41, 5.74) is 2.85. The Morgan fingerprint density at radius 1 is 0.861 bits per heavy atom. The molecule has 0 saturated carbocycles. The molecule has 0 aliphatic carbocycles. The van der Waals surface area contributed by atoms with Gasteiger partial charge in [-0.15, -0.1) is 0 Å². The van der Waals surface area contributed by atoms with Gasteiger partial charge >= 0.3 is 5.97 Å². The van der Waals surface area contributed by atoms with Crippen LogP contribution in [0, 0.1) is 0 Å². The van der Waals surface area contributed by atoms with Crippen LogP contribution in [-0.4, -0.2) is 38.0 Å². The Hall–Kier alpha value is -3.20. The van der Waals surface area contributed by atoms with Crippen molar-refractivity contribution in [2.45, 2.75) is 43.0 Å². The summed E-state index contributed by atoms with van der Waals surface area (Å²) >= 11 is 5.90. The molecule has 1 amide bonds. The van der Waals surface area contributed by atoms with Crippen LogP contribution in [0.2, 0.25) is 5.02 Å². The number of halogens is 1. The van der Waals surface area contributed by atoms with Gasteiger partial charge in [0.1, 0.15) is 6.04 Å². The molecule has 1 atom stereocenters. The van der Waals surface area contributed by atoms with Gasteiger partial charge in [0.05, 0.1) is 4.90 Å². The number of carboxylic acids is 1. The number of aryl methyl sites for hydroxylation is 1. The van der Waals surface area contributed by atoms with E-state index in [2.05, 4.69) is 10.0 Å². The lowest BCUT2D eigenvalue weighted by atomic mass is 10.1. The van der Waals surface area contributed by atoms with Crippen molar-refractivity contribution in [3.63, 3.8) is 0 Å². The standard InChI is InChI=1S/C27H29ClN2O5S/c28-23-15-11-21(12-16-23)22-13-17-24(18-14-22)36(34,35)30-25(27(32)33)9-5-19-29-26(31)10-4-8-20-6-2-1-3-7-20/h1-3,6-7,11-18,25,30H,4-5,8-10,19H2,(H,29,31)(H,32,33)/t25-/m0/s1. The molecule has 0 aromatic heterocycles. The van der Waals surface area contributed by atoms with Gasteiger partial charge in [0.25, 0.3) is 0 Å². The highest BCUT2D eigenvalue weighted by Crippen LogP contribution is 2.23. The van der Waals surface area contributed by atoms with Crippen molar-refractivity contribution in [1.82, 2.24) is 10.0 Å². The second-order valence-electron chi connectivity index (χ2n) is 8.37. The quantitative estimate of drug-likeness (QED) is 0.279. The van der Waals surface area contributed by atoms with Gasteiger partial charge in [0, 0.05) is 18.0 Å². The van der Waals surface area contributed by atoms with Crippen molar-refractivity contribution >= 4 is 33.5 Å². The van der Waals surface area contributed by atoms with Crippen molar-refractivity contribution in [3.05, 3.63) is 89.4 Å². The predicted molar refractivity (Wildman–Crippen MR) is 140 cm³/mol. The summed E-state index contributed by atoms with van der Waals surface area (Å²) < 4.78 is 27.8. The van der Waals surface area contributed by atoms with Crippen LogP contribution >= 0.6 is 11.6 Å². The molecule has 0 fully saturated rings. The van der Waals surface area contributed by atoms with Crippen LogP contribution in [0.15, 0.2) is 83.8 Å². The van der Waals surface area contributed by atoms with Gasteiger partial charge < -0.3 is 10.4 Å². The summed E-state index contributed by atoms with van der Waals surface area (Å²) in [5.74, 6) is -1.38. The highest BCUT2D eigenvalue weighted by atomic mass is 35.5. The number of nitrogens with one attached hydrogen (secondary N) is 2. The molecule has 0 aliphatic heterocycles. The number of carbonyl (C=O) groups is 2. The first-order chi connectivity index (χ1) is 17.2. The summed E-state index contributed by atoms with van der Waals surface area (Å²) in [5, 5.41) is 12.9. The molecule has 0 radical (unpaired) electrons. The Kier molecular flexibility index (Phi) is 10.0. The third kappa shape index (κ3) is 8.48. The van der Waals surface area contributed by atoms with Crippen molar-refractivity contribution in [1.29, 1.82) is 0 Å². The zero-order valence-corrected chi connectivity index (χ0v) is 21.3. The van der Waals surface area contributed by atoms with E-state index in [9.17, 15) is 23.1 Å². The average molecular weight is 529 g/mol. The van der Waals surface area contributed by atoms with Crippen LogP contribution in [0.3, 0.4) is 0 Å². The van der Waals surface area contributed by atoms with Crippen LogP contribution < -0.4 is 10.0 Å². The molecule has 0 saturated heterocycles. The molecule has 3 rings (SSSR count). The smallest absolute Gasteiger partial charge is 0.321 e. The minimum absolute atomic E-state index is 0.0295. The number of amides is 1. The number of carboxylic acid groups (broad SMARTS) is 1. The topological polar surface area (TPSA) is 113 Å². The van der Waals surface area contributed by atoms with Crippen LogP contribution in [0.25, 0.3) is 11.1 Å². The van der Waals surface area contributed by atoms with Crippen molar-refractivity contribution in [3.8, 4) is 11.1 Å². The normalized spacial score (nSPS) is 12.1. The second-order valence-corrected chi connectivity index (χ2v) is 10.5. The third-order valence-corrected chi connectivity index (χ3v) is 7.38. The maximum absolute atomic E-state index is 12.8. The molecule has 3 aromatic carbocycles. The van der Waals surface area contributed by atoms with E-state index in [1.165, 1.54) is 17.7 Å². The number of aliphatic carboxylic acids is 1. The Morgan fingerprint density at radius 3 is 2.08 bits per heavy atom. The van der Waals surface area contributed by atoms with Crippen molar-refractivity contribution < 1.29 is 23.1 Å². The molecule has 0 aliphatic rings. The fourth-order valence-electron chi connectivity index (χ4n) is 3.68. The minimum Gasteiger partial charge on any atom is -0.480 e. The molecular weight excluding hydrogens is 500 g/mol. The summed E-state index contributed by atoms with van der Waals surface area (Å²) in [7, 11) is -4.04. The maximum Gasteiger partial charge on any atom is 0.321 e. The second kappa shape index (κ2) is 13.2. The fraction of sp³-hybridized carbons (Fsp3) is 0.259. The summed E-state index contributed by atoms with van der Waals surface area (Å²) in [6, 6.07) is 21.9. The molecule has 3 N–H and O–H groups in total. The van der Waals surface area contributed by atoms with Crippen LogP contribution in [-0.2, 0) is 26.0 Å². The molecular formula is C27H29ClN2O5S. The SMILES string of the molecule is O=C(CCCc1ccccc1)NCCC[C@H](NS(=O)(=O)c1ccc(-c2ccc(Cl)cc2)cc1)C(=O)O. The molecule has 0 spiro atoms. The van der Waals surface area contributed by atoms with E-state index in [-0.39, 0.29) is 23.8 Å². The van der Waals surface area contributed by atoms with Gasteiger partial charge in [-0.05, 0) is 66.6 Å². The first-order valence-corrected chi connectivity index (χ1v) is 13.5. The highest BCUT2D eigenvalue weighted by molar-refractivity contribution is 7.89. The lowest BCUT2D eigenvalue weighted by molar-refractivity contribution is -0.139. The fourth-order valence-corrected chi connectivity index (χ4v) is 5.03. The van der Waals surface area contributed by atoms with Gasteiger partial charge in [-0.2, -0.15) is 4.72 Å². The highest BCUT2D eigenvalue weighted by Gasteiger charge is 2.25. The Morgan fingerprint density at radius 2 is 1.47 bits per heavy atom. The summed E-state index contributed by atoms with van der Waals surface area (Å²) in [6.07, 6.45) is 2.25. The number of hydrogen-bond acceptors (Lipinski definition) is 4.